The molecule has 0 aliphatic heterocycles. The molecule has 0 aromatic rings. The summed E-state index contributed by atoms with van der Waals surface area (Å²) in [4.78, 5) is 72.3. The van der Waals surface area contributed by atoms with Gasteiger partial charge in [0, 0.05) is 25.7 Å². The molecule has 0 saturated heterocycles. The van der Waals surface area contributed by atoms with E-state index >= 15 is 0 Å². The van der Waals surface area contributed by atoms with E-state index in [1.807, 2.05) is 0 Å². The summed E-state index contributed by atoms with van der Waals surface area (Å²) in [5.74, 6) is 0.812. The van der Waals surface area contributed by atoms with Gasteiger partial charge in [0.05, 0.1) is 26.4 Å². The predicted octanol–water partition coefficient (Wildman–Crippen LogP) is 18.5. The molecule has 86 heavy (non-hydrogen) atoms. The van der Waals surface area contributed by atoms with Crippen LogP contribution < -0.4 is 0 Å². The van der Waals surface area contributed by atoms with Gasteiger partial charge < -0.3 is 33.8 Å². The van der Waals surface area contributed by atoms with E-state index in [0.29, 0.717) is 31.6 Å². The van der Waals surface area contributed by atoms with E-state index in [1.165, 1.54) is 122 Å². The zero-order valence-electron chi connectivity index (χ0n) is 55.9. The fraction of sp³-hybridized carbons (Fsp3) is 0.940. The highest BCUT2D eigenvalue weighted by Crippen LogP contribution is 2.45. The van der Waals surface area contributed by atoms with Gasteiger partial charge in [-0.25, -0.2) is 9.13 Å². The van der Waals surface area contributed by atoms with E-state index in [9.17, 15) is 43.2 Å². The number of aliphatic hydroxyl groups excluding tert-OH is 1. The Morgan fingerprint density at radius 3 is 0.826 bits per heavy atom. The standard InChI is InChI=1S/C67H130O17P2/c1-9-59(7)45-37-29-20-17-18-22-33-41-49-66(71)83-62(54-78-65(70)48-40-32-26-24-30-38-46-60(8)10-2)55-81-85(73,74)79-51-61(68)52-80-86(75,76)82-56-63(84-67(72)50-42-34-25-23-28-36-44-58(5)6)53-77-64(69)47-39-31-21-16-14-12-11-13-15-19-27-35-43-57(3)4/h57-63,68H,9-56H2,1-8H3,(H,73,74)(H,75,76)/t59?,60?,61-,62+,63+/m0/s1. The highest BCUT2D eigenvalue weighted by Gasteiger charge is 2.30. The second kappa shape index (κ2) is 57.0. The Morgan fingerprint density at radius 2 is 0.558 bits per heavy atom. The second-order valence-electron chi connectivity index (χ2n) is 25.6. The summed E-state index contributed by atoms with van der Waals surface area (Å²) >= 11 is 0. The van der Waals surface area contributed by atoms with Gasteiger partial charge in [0.2, 0.25) is 0 Å². The molecule has 0 aliphatic carbocycles. The summed E-state index contributed by atoms with van der Waals surface area (Å²) in [6.45, 7) is 14.0. The van der Waals surface area contributed by atoms with Gasteiger partial charge in [-0.1, -0.05) is 274 Å². The Labute approximate surface area is 524 Å². The van der Waals surface area contributed by atoms with Gasteiger partial charge in [0.1, 0.15) is 19.3 Å². The highest BCUT2D eigenvalue weighted by atomic mass is 31.2. The molecule has 0 rings (SSSR count). The van der Waals surface area contributed by atoms with E-state index in [4.69, 9.17) is 37.0 Å². The van der Waals surface area contributed by atoms with Crippen molar-refractivity contribution >= 4 is 39.5 Å². The lowest BCUT2D eigenvalue weighted by atomic mass is 9.99. The number of unbranched alkanes of at least 4 members (excludes halogenated alkanes) is 28. The molecule has 0 saturated carbocycles. The normalized spacial score (nSPS) is 15.0. The molecule has 7 atom stereocenters. The van der Waals surface area contributed by atoms with E-state index in [1.54, 1.807) is 0 Å². The highest BCUT2D eigenvalue weighted by molar-refractivity contribution is 7.47. The minimum atomic E-state index is -4.95. The van der Waals surface area contributed by atoms with Crippen molar-refractivity contribution in [1.82, 2.24) is 0 Å². The van der Waals surface area contributed by atoms with Crippen LogP contribution >= 0.6 is 15.6 Å². The van der Waals surface area contributed by atoms with Crippen molar-refractivity contribution in [1.29, 1.82) is 0 Å². The third-order valence-electron chi connectivity index (χ3n) is 16.0. The number of carbonyl (C=O) groups is 4. The fourth-order valence-corrected chi connectivity index (χ4v) is 11.5. The topological polar surface area (TPSA) is 237 Å². The fourth-order valence-electron chi connectivity index (χ4n) is 9.89. The number of phosphoric acid groups is 2. The molecule has 0 bridgehead atoms. The number of hydrogen-bond acceptors (Lipinski definition) is 15. The number of hydrogen-bond donors (Lipinski definition) is 3. The molecular formula is C67H130O17P2. The molecule has 510 valence electrons. The summed E-state index contributed by atoms with van der Waals surface area (Å²) in [6.07, 6.45) is 37.7. The lowest BCUT2D eigenvalue weighted by Crippen LogP contribution is -2.30. The second-order valence-corrected chi connectivity index (χ2v) is 28.6. The zero-order chi connectivity index (χ0) is 63.9. The van der Waals surface area contributed by atoms with E-state index in [-0.39, 0.29) is 25.7 Å². The molecule has 0 heterocycles. The van der Waals surface area contributed by atoms with Gasteiger partial charge in [-0.3, -0.25) is 37.3 Å². The molecule has 0 aliphatic rings. The smallest absolute Gasteiger partial charge is 0.462 e. The minimum absolute atomic E-state index is 0.101. The largest absolute Gasteiger partial charge is 0.472 e. The van der Waals surface area contributed by atoms with Crippen LogP contribution in [0.15, 0.2) is 0 Å². The maximum Gasteiger partial charge on any atom is 0.472 e. The number of phosphoric ester groups is 2. The van der Waals surface area contributed by atoms with E-state index in [2.05, 4.69) is 55.4 Å². The van der Waals surface area contributed by atoms with Gasteiger partial charge in [0.15, 0.2) is 12.2 Å². The summed E-state index contributed by atoms with van der Waals surface area (Å²) in [6, 6.07) is 0. The van der Waals surface area contributed by atoms with Crippen molar-refractivity contribution < 1.29 is 80.2 Å². The Kier molecular flexibility index (Phi) is 55.7. The average molecular weight is 1270 g/mol. The van der Waals surface area contributed by atoms with Crippen LogP contribution in [-0.2, 0) is 65.4 Å². The van der Waals surface area contributed by atoms with Crippen molar-refractivity contribution in [3.63, 3.8) is 0 Å². The van der Waals surface area contributed by atoms with Crippen molar-refractivity contribution in [2.24, 2.45) is 23.7 Å². The Balaban J connectivity index is 5.22. The summed E-state index contributed by atoms with van der Waals surface area (Å²) in [7, 11) is -9.90. The van der Waals surface area contributed by atoms with E-state index < -0.39 is 97.5 Å². The first-order chi connectivity index (χ1) is 41.2. The number of carbonyl (C=O) groups excluding carboxylic acids is 4. The first-order valence-electron chi connectivity index (χ1n) is 34.8. The van der Waals surface area contributed by atoms with Crippen LogP contribution in [0.2, 0.25) is 0 Å². The number of esters is 4. The predicted molar refractivity (Wildman–Crippen MR) is 344 cm³/mol. The van der Waals surface area contributed by atoms with Gasteiger partial charge >= 0.3 is 39.5 Å². The average Bonchev–Trinajstić information content (AvgIpc) is 3.64. The van der Waals surface area contributed by atoms with Crippen LogP contribution in [0, 0.1) is 23.7 Å². The van der Waals surface area contributed by atoms with Crippen molar-refractivity contribution in [2.45, 2.75) is 343 Å². The van der Waals surface area contributed by atoms with Crippen molar-refractivity contribution in [2.75, 3.05) is 39.6 Å². The Morgan fingerprint density at radius 1 is 0.326 bits per heavy atom. The van der Waals surface area contributed by atoms with Gasteiger partial charge in [-0.05, 0) is 49.4 Å². The Bertz CT molecular complexity index is 1720. The molecule has 0 aromatic heterocycles. The Hall–Kier alpha value is -1.94. The molecule has 0 aromatic carbocycles. The van der Waals surface area contributed by atoms with Crippen LogP contribution in [0.4, 0.5) is 0 Å². The van der Waals surface area contributed by atoms with Crippen molar-refractivity contribution in [3.05, 3.63) is 0 Å². The van der Waals surface area contributed by atoms with Crippen LogP contribution in [0.3, 0.4) is 0 Å². The molecule has 0 spiro atoms. The lowest BCUT2D eigenvalue weighted by molar-refractivity contribution is -0.161. The zero-order valence-corrected chi connectivity index (χ0v) is 57.7. The van der Waals surface area contributed by atoms with Crippen LogP contribution in [0.5, 0.6) is 0 Å². The molecule has 0 radical (unpaired) electrons. The maximum atomic E-state index is 13.0. The minimum Gasteiger partial charge on any atom is -0.462 e. The molecular weight excluding hydrogens is 1140 g/mol. The van der Waals surface area contributed by atoms with Crippen molar-refractivity contribution in [3.8, 4) is 0 Å². The van der Waals surface area contributed by atoms with Gasteiger partial charge in [-0.15, -0.1) is 0 Å². The number of rotatable bonds is 64. The number of aliphatic hydroxyl groups is 1. The van der Waals surface area contributed by atoms with Crippen LogP contribution in [0.1, 0.15) is 325 Å². The first kappa shape index (κ1) is 84.1. The van der Waals surface area contributed by atoms with Crippen LogP contribution in [-0.4, -0.2) is 96.7 Å². The third-order valence-corrected chi connectivity index (χ3v) is 17.9. The summed E-state index contributed by atoms with van der Waals surface area (Å²) in [5.41, 5.74) is 0. The SMILES string of the molecule is CCC(C)CCCCCCCCCCC(=O)O[C@H](COC(=O)CCCCCCCCC(C)CC)COP(=O)(O)OC[C@H](O)COP(=O)(O)OC[C@@H](COC(=O)CCCCCCCCCCCCCCC(C)C)OC(=O)CCCCCCCCC(C)C. The molecule has 0 fully saturated rings. The molecule has 19 heteroatoms. The molecule has 17 nitrogen and oxygen atoms in total. The number of ether oxygens (including phenoxy) is 4. The molecule has 3 N–H and O–H groups in total. The first-order valence-corrected chi connectivity index (χ1v) is 37.8. The summed E-state index contributed by atoms with van der Waals surface area (Å²) < 4.78 is 68.1. The lowest BCUT2D eigenvalue weighted by Gasteiger charge is -2.21. The monoisotopic (exact) mass is 1270 g/mol. The third kappa shape index (κ3) is 58.4. The summed E-state index contributed by atoms with van der Waals surface area (Å²) in [5, 5.41) is 10.6. The molecule has 4 unspecified atom stereocenters. The van der Waals surface area contributed by atoms with Crippen LogP contribution in [0.25, 0.3) is 0 Å². The van der Waals surface area contributed by atoms with Gasteiger partial charge in [-0.2, -0.15) is 0 Å². The van der Waals surface area contributed by atoms with Gasteiger partial charge in [0.25, 0.3) is 0 Å². The van der Waals surface area contributed by atoms with E-state index in [0.717, 1.165) is 114 Å². The molecule has 0 amide bonds. The maximum absolute atomic E-state index is 13.0. The quantitative estimate of drug-likeness (QED) is 0.0222.